The van der Waals surface area contributed by atoms with E-state index in [1.807, 2.05) is 4.90 Å². The normalized spacial score (nSPS) is 22.0. The van der Waals surface area contributed by atoms with Gasteiger partial charge >= 0.3 is 0 Å². The lowest BCUT2D eigenvalue weighted by Gasteiger charge is -2.26. The summed E-state index contributed by atoms with van der Waals surface area (Å²) < 4.78 is 14.6. The van der Waals surface area contributed by atoms with E-state index in [2.05, 4.69) is 21.2 Å². The average molecular weight is 341 g/mol. The van der Waals surface area contributed by atoms with Crippen molar-refractivity contribution in [1.82, 2.24) is 10.2 Å². The fraction of sp³-hybridized carbons (Fsp3) is 0.533. The second-order valence-electron chi connectivity index (χ2n) is 5.61. The van der Waals surface area contributed by atoms with E-state index in [0.29, 0.717) is 18.6 Å². The van der Waals surface area contributed by atoms with Gasteiger partial charge in [-0.1, -0.05) is 15.9 Å². The molecule has 20 heavy (non-hydrogen) atoms. The molecule has 1 unspecified atom stereocenters. The van der Waals surface area contributed by atoms with Crippen LogP contribution < -0.4 is 5.32 Å². The summed E-state index contributed by atoms with van der Waals surface area (Å²) in [5, 5.41) is 3.41. The minimum atomic E-state index is -0.441. The van der Waals surface area contributed by atoms with Crippen LogP contribution in [0.1, 0.15) is 36.0 Å². The van der Waals surface area contributed by atoms with Crippen molar-refractivity contribution in [3.8, 4) is 0 Å². The molecule has 2 aliphatic rings. The van der Waals surface area contributed by atoms with E-state index >= 15 is 0 Å². The Hall–Kier alpha value is -0.940. The molecule has 1 heterocycles. The zero-order valence-electron chi connectivity index (χ0n) is 11.2. The molecule has 0 aromatic heterocycles. The molecule has 1 aromatic carbocycles. The summed E-state index contributed by atoms with van der Waals surface area (Å²) in [7, 11) is 0. The summed E-state index contributed by atoms with van der Waals surface area (Å²) in [4.78, 5) is 14.5. The molecule has 1 amide bonds. The van der Waals surface area contributed by atoms with Crippen molar-refractivity contribution in [1.29, 1.82) is 0 Å². The van der Waals surface area contributed by atoms with Crippen LogP contribution in [0.3, 0.4) is 0 Å². The highest BCUT2D eigenvalue weighted by molar-refractivity contribution is 9.10. The Morgan fingerprint density at radius 2 is 2.20 bits per heavy atom. The minimum Gasteiger partial charge on any atom is -0.334 e. The molecule has 0 bridgehead atoms. The van der Waals surface area contributed by atoms with Gasteiger partial charge in [-0.25, -0.2) is 4.39 Å². The van der Waals surface area contributed by atoms with Gasteiger partial charge in [0.15, 0.2) is 0 Å². The average Bonchev–Trinajstić information content (AvgIpc) is 3.15. The Bertz CT molecular complexity index is 513. The van der Waals surface area contributed by atoms with Gasteiger partial charge in [0.2, 0.25) is 0 Å². The number of carbonyl (C=O) groups is 1. The number of nitrogens with one attached hydrogen (secondary N) is 1. The Morgan fingerprint density at radius 3 is 2.85 bits per heavy atom. The monoisotopic (exact) mass is 340 g/mol. The van der Waals surface area contributed by atoms with Gasteiger partial charge in [0.05, 0.1) is 5.56 Å². The van der Waals surface area contributed by atoms with E-state index in [1.165, 1.54) is 6.07 Å². The minimum absolute atomic E-state index is 0.171. The van der Waals surface area contributed by atoms with Crippen LogP contribution >= 0.6 is 15.9 Å². The molecule has 1 aliphatic carbocycles. The lowest BCUT2D eigenvalue weighted by atomic mass is 10.1. The smallest absolute Gasteiger partial charge is 0.257 e. The molecule has 3 nitrogen and oxygen atoms in total. The van der Waals surface area contributed by atoms with Gasteiger partial charge in [0.1, 0.15) is 5.82 Å². The number of nitrogens with zero attached hydrogens (tertiary/aromatic N) is 1. The maximum Gasteiger partial charge on any atom is 0.257 e. The third-order valence-electron chi connectivity index (χ3n) is 3.99. The molecule has 108 valence electrons. The van der Waals surface area contributed by atoms with Crippen LogP contribution in [-0.2, 0) is 0 Å². The van der Waals surface area contributed by atoms with E-state index in [1.54, 1.807) is 12.1 Å². The van der Waals surface area contributed by atoms with Gasteiger partial charge in [-0.3, -0.25) is 4.79 Å². The van der Waals surface area contributed by atoms with Crippen molar-refractivity contribution >= 4 is 21.8 Å². The number of halogens is 2. The Labute approximate surface area is 126 Å². The molecule has 0 spiro atoms. The van der Waals surface area contributed by atoms with E-state index in [4.69, 9.17) is 0 Å². The van der Waals surface area contributed by atoms with Crippen molar-refractivity contribution in [2.75, 3.05) is 13.1 Å². The van der Waals surface area contributed by atoms with Crippen LogP contribution in [0.4, 0.5) is 4.39 Å². The van der Waals surface area contributed by atoms with Crippen molar-refractivity contribution in [3.63, 3.8) is 0 Å². The van der Waals surface area contributed by atoms with Crippen LogP contribution in [0, 0.1) is 5.82 Å². The first-order chi connectivity index (χ1) is 9.65. The second kappa shape index (κ2) is 5.82. The maximum absolute atomic E-state index is 13.9. The topological polar surface area (TPSA) is 32.3 Å². The van der Waals surface area contributed by atoms with Crippen LogP contribution in [0.25, 0.3) is 0 Å². The molecule has 1 saturated heterocycles. The zero-order chi connectivity index (χ0) is 14.1. The van der Waals surface area contributed by atoms with Gasteiger partial charge in [0, 0.05) is 23.1 Å². The number of hydrogen-bond acceptors (Lipinski definition) is 2. The van der Waals surface area contributed by atoms with E-state index in [-0.39, 0.29) is 11.5 Å². The molecule has 0 radical (unpaired) electrons. The predicted molar refractivity (Wildman–Crippen MR) is 79.2 cm³/mol. The molecular formula is C15H18BrFN2O. The van der Waals surface area contributed by atoms with Gasteiger partial charge in [-0.05, 0) is 50.4 Å². The first kappa shape index (κ1) is 14.0. The molecular weight excluding hydrogens is 323 g/mol. The fourth-order valence-corrected chi connectivity index (χ4v) is 3.11. The lowest BCUT2D eigenvalue weighted by molar-refractivity contribution is 0.0724. The molecule has 1 aromatic rings. The summed E-state index contributed by atoms with van der Waals surface area (Å²) in [6.45, 7) is 1.71. The molecule has 1 aliphatic heterocycles. The SMILES string of the molecule is O=C(c1cc(Br)ccc1F)N(CC1CCCN1)C1CC1. The summed E-state index contributed by atoms with van der Waals surface area (Å²) in [6.07, 6.45) is 4.32. The first-order valence-electron chi connectivity index (χ1n) is 7.14. The van der Waals surface area contributed by atoms with Crippen molar-refractivity contribution in [2.24, 2.45) is 0 Å². The lowest BCUT2D eigenvalue weighted by Crippen LogP contribution is -2.42. The molecule has 5 heteroatoms. The number of hydrogen-bond donors (Lipinski definition) is 1. The third-order valence-corrected chi connectivity index (χ3v) is 4.48. The van der Waals surface area contributed by atoms with Gasteiger partial charge < -0.3 is 10.2 Å². The quantitative estimate of drug-likeness (QED) is 0.913. The van der Waals surface area contributed by atoms with E-state index in [9.17, 15) is 9.18 Å². The largest absolute Gasteiger partial charge is 0.334 e. The molecule has 3 rings (SSSR count). The van der Waals surface area contributed by atoms with E-state index < -0.39 is 5.82 Å². The second-order valence-corrected chi connectivity index (χ2v) is 6.52. The number of benzene rings is 1. The summed E-state index contributed by atoms with van der Waals surface area (Å²) in [6, 6.07) is 5.19. The molecule has 1 atom stereocenters. The van der Waals surface area contributed by atoms with Gasteiger partial charge in [-0.2, -0.15) is 0 Å². The Balaban J connectivity index is 1.79. The van der Waals surface area contributed by atoms with Gasteiger partial charge in [0.25, 0.3) is 5.91 Å². The number of carbonyl (C=O) groups excluding carboxylic acids is 1. The molecule has 1 saturated carbocycles. The highest BCUT2D eigenvalue weighted by Gasteiger charge is 2.35. The predicted octanol–water partition coefficient (Wildman–Crippen LogP) is 2.94. The van der Waals surface area contributed by atoms with Crippen molar-refractivity contribution < 1.29 is 9.18 Å². The Morgan fingerprint density at radius 1 is 1.40 bits per heavy atom. The summed E-state index contributed by atoms with van der Waals surface area (Å²) >= 11 is 3.30. The summed E-state index contributed by atoms with van der Waals surface area (Å²) in [5.41, 5.74) is 0.171. The summed E-state index contributed by atoms with van der Waals surface area (Å²) in [5.74, 6) is -0.622. The number of rotatable bonds is 4. The Kier molecular flexibility index (Phi) is 4.08. The first-order valence-corrected chi connectivity index (χ1v) is 7.94. The highest BCUT2D eigenvalue weighted by atomic mass is 79.9. The van der Waals surface area contributed by atoms with E-state index in [0.717, 1.165) is 36.7 Å². The van der Waals surface area contributed by atoms with Crippen LogP contribution in [0.15, 0.2) is 22.7 Å². The third kappa shape index (κ3) is 3.04. The van der Waals surface area contributed by atoms with Crippen molar-refractivity contribution in [2.45, 2.75) is 37.8 Å². The van der Waals surface area contributed by atoms with Crippen LogP contribution in [0.5, 0.6) is 0 Å². The van der Waals surface area contributed by atoms with Crippen LogP contribution in [-0.4, -0.2) is 36.0 Å². The zero-order valence-corrected chi connectivity index (χ0v) is 12.8. The standard InChI is InChI=1S/C15H18BrFN2O/c16-10-3-6-14(17)13(8-10)15(20)19(12-4-5-12)9-11-2-1-7-18-11/h3,6,8,11-12,18H,1-2,4-5,7,9H2. The van der Waals surface area contributed by atoms with Crippen molar-refractivity contribution in [3.05, 3.63) is 34.1 Å². The molecule has 1 N–H and O–H groups in total. The fourth-order valence-electron chi connectivity index (χ4n) is 2.75. The van der Waals surface area contributed by atoms with Crippen LogP contribution in [0.2, 0.25) is 0 Å². The highest BCUT2D eigenvalue weighted by Crippen LogP contribution is 2.30. The maximum atomic E-state index is 13.9. The van der Waals surface area contributed by atoms with Gasteiger partial charge in [-0.15, -0.1) is 0 Å². The number of amides is 1. The molecule has 2 fully saturated rings.